The van der Waals surface area contributed by atoms with E-state index in [-0.39, 0.29) is 29.6 Å². The first kappa shape index (κ1) is 19.1. The molecule has 150 valence electrons. The molecule has 1 aromatic carbocycles. The maximum absolute atomic E-state index is 12.6. The molecule has 4 rings (SSSR count). The van der Waals surface area contributed by atoms with Gasteiger partial charge in [-0.3, -0.25) is 19.4 Å². The molecule has 1 saturated carbocycles. The highest BCUT2D eigenvalue weighted by molar-refractivity contribution is 6.04. The van der Waals surface area contributed by atoms with Gasteiger partial charge in [0.2, 0.25) is 11.8 Å². The number of likely N-dealkylation sites (tertiary alicyclic amines) is 1. The Morgan fingerprint density at radius 2 is 1.62 bits per heavy atom. The van der Waals surface area contributed by atoms with Crippen LogP contribution in [0.4, 0.5) is 11.4 Å². The van der Waals surface area contributed by atoms with Gasteiger partial charge in [-0.25, -0.2) is 0 Å². The van der Waals surface area contributed by atoms with E-state index in [0.717, 1.165) is 12.8 Å². The van der Waals surface area contributed by atoms with Gasteiger partial charge >= 0.3 is 0 Å². The molecule has 1 aliphatic carbocycles. The van der Waals surface area contributed by atoms with Gasteiger partial charge in [0.25, 0.3) is 5.91 Å². The molecule has 7 heteroatoms. The molecule has 1 saturated heterocycles. The average molecular weight is 392 g/mol. The molecule has 7 nitrogen and oxygen atoms in total. The Morgan fingerprint density at radius 3 is 2.28 bits per heavy atom. The lowest BCUT2D eigenvalue weighted by atomic mass is 9.95. The summed E-state index contributed by atoms with van der Waals surface area (Å²) in [5.41, 5.74) is 1.70. The van der Waals surface area contributed by atoms with E-state index in [9.17, 15) is 14.4 Å². The van der Waals surface area contributed by atoms with Crippen LogP contribution in [-0.2, 0) is 9.59 Å². The monoisotopic (exact) mass is 392 g/mol. The van der Waals surface area contributed by atoms with Crippen LogP contribution < -0.4 is 10.6 Å². The van der Waals surface area contributed by atoms with Gasteiger partial charge in [-0.1, -0.05) is 6.07 Å². The SMILES string of the molecule is O=C(Nc1cccc(NC(=O)C2CCN(C(=O)C3CC3)CC2)c1)c1cccnc1. The zero-order chi connectivity index (χ0) is 20.2. The van der Waals surface area contributed by atoms with E-state index in [1.165, 1.54) is 6.20 Å². The number of rotatable bonds is 5. The van der Waals surface area contributed by atoms with Crippen molar-refractivity contribution in [3.8, 4) is 0 Å². The Balaban J connectivity index is 1.31. The van der Waals surface area contributed by atoms with E-state index in [1.807, 2.05) is 4.90 Å². The van der Waals surface area contributed by atoms with Crippen LogP contribution >= 0.6 is 0 Å². The summed E-state index contributed by atoms with van der Waals surface area (Å²) in [6, 6.07) is 10.5. The van der Waals surface area contributed by atoms with E-state index in [4.69, 9.17) is 0 Å². The summed E-state index contributed by atoms with van der Waals surface area (Å²) in [4.78, 5) is 42.9. The van der Waals surface area contributed by atoms with Gasteiger partial charge in [0.1, 0.15) is 0 Å². The Kier molecular flexibility index (Phi) is 5.55. The van der Waals surface area contributed by atoms with Crippen molar-refractivity contribution in [3.63, 3.8) is 0 Å². The van der Waals surface area contributed by atoms with Crippen LogP contribution in [0.15, 0.2) is 48.8 Å². The molecule has 2 heterocycles. The molecule has 2 fully saturated rings. The molecule has 0 bridgehead atoms. The first-order chi connectivity index (χ1) is 14.1. The van der Waals surface area contributed by atoms with Crippen LogP contribution in [0.3, 0.4) is 0 Å². The van der Waals surface area contributed by atoms with E-state index in [0.29, 0.717) is 42.9 Å². The highest BCUT2D eigenvalue weighted by Crippen LogP contribution is 2.32. The Bertz CT molecular complexity index is 903. The first-order valence-electron chi connectivity index (χ1n) is 10.0. The van der Waals surface area contributed by atoms with E-state index in [2.05, 4.69) is 15.6 Å². The predicted octanol–water partition coefficient (Wildman–Crippen LogP) is 2.92. The fraction of sp³-hybridized carbons (Fsp3) is 0.364. The Hall–Kier alpha value is -3.22. The number of piperidine rings is 1. The Morgan fingerprint density at radius 1 is 0.897 bits per heavy atom. The van der Waals surface area contributed by atoms with Gasteiger partial charge in [0, 0.05) is 48.7 Å². The molecule has 0 spiro atoms. The third kappa shape index (κ3) is 4.80. The number of anilines is 2. The number of carbonyl (C=O) groups excluding carboxylic acids is 3. The number of hydrogen-bond acceptors (Lipinski definition) is 4. The number of benzene rings is 1. The van der Waals surface area contributed by atoms with Crippen molar-refractivity contribution in [1.82, 2.24) is 9.88 Å². The third-order valence-corrected chi connectivity index (χ3v) is 5.42. The second kappa shape index (κ2) is 8.43. The maximum atomic E-state index is 12.6. The van der Waals surface area contributed by atoms with Crippen LogP contribution in [0.25, 0.3) is 0 Å². The molecule has 0 radical (unpaired) electrons. The van der Waals surface area contributed by atoms with Crippen molar-refractivity contribution in [1.29, 1.82) is 0 Å². The summed E-state index contributed by atoms with van der Waals surface area (Å²) < 4.78 is 0. The van der Waals surface area contributed by atoms with E-state index < -0.39 is 0 Å². The molecule has 2 aliphatic rings. The maximum Gasteiger partial charge on any atom is 0.257 e. The number of nitrogens with zero attached hydrogens (tertiary/aromatic N) is 2. The van der Waals surface area contributed by atoms with Crippen LogP contribution in [0.5, 0.6) is 0 Å². The molecule has 0 atom stereocenters. The van der Waals surface area contributed by atoms with Crippen molar-refractivity contribution in [2.24, 2.45) is 11.8 Å². The van der Waals surface area contributed by atoms with Gasteiger partial charge in [-0.05, 0) is 56.0 Å². The lowest BCUT2D eigenvalue weighted by Crippen LogP contribution is -2.42. The minimum Gasteiger partial charge on any atom is -0.342 e. The number of carbonyl (C=O) groups is 3. The number of aromatic nitrogens is 1. The minimum atomic E-state index is -0.255. The molecule has 1 aliphatic heterocycles. The smallest absolute Gasteiger partial charge is 0.257 e. The number of pyridine rings is 1. The number of hydrogen-bond donors (Lipinski definition) is 2. The molecular weight excluding hydrogens is 368 g/mol. The average Bonchev–Trinajstić information content (AvgIpc) is 3.60. The van der Waals surface area contributed by atoms with Gasteiger partial charge in [0.15, 0.2) is 0 Å². The highest BCUT2D eigenvalue weighted by Gasteiger charge is 2.35. The summed E-state index contributed by atoms with van der Waals surface area (Å²) in [6.45, 7) is 1.29. The number of amides is 3. The van der Waals surface area contributed by atoms with Crippen LogP contribution in [0, 0.1) is 11.8 Å². The molecule has 1 aromatic heterocycles. The summed E-state index contributed by atoms with van der Waals surface area (Å²) in [5.74, 6) is 0.0753. The van der Waals surface area contributed by atoms with Crippen molar-refractivity contribution in [2.75, 3.05) is 23.7 Å². The van der Waals surface area contributed by atoms with E-state index >= 15 is 0 Å². The van der Waals surface area contributed by atoms with Gasteiger partial charge in [-0.2, -0.15) is 0 Å². The molecule has 3 amide bonds. The lowest BCUT2D eigenvalue weighted by Gasteiger charge is -2.31. The van der Waals surface area contributed by atoms with Gasteiger partial charge in [0.05, 0.1) is 5.56 Å². The second-order valence-electron chi connectivity index (χ2n) is 7.64. The highest BCUT2D eigenvalue weighted by atomic mass is 16.2. The van der Waals surface area contributed by atoms with E-state index in [1.54, 1.807) is 42.6 Å². The fourth-order valence-electron chi connectivity index (χ4n) is 3.57. The quantitative estimate of drug-likeness (QED) is 0.818. The minimum absolute atomic E-state index is 0.0424. The van der Waals surface area contributed by atoms with Crippen LogP contribution in [0.1, 0.15) is 36.0 Å². The predicted molar refractivity (Wildman–Crippen MR) is 109 cm³/mol. The Labute approximate surface area is 169 Å². The van der Waals surface area contributed by atoms with Crippen LogP contribution in [0.2, 0.25) is 0 Å². The molecular formula is C22H24N4O3. The van der Waals surface area contributed by atoms with Gasteiger partial charge < -0.3 is 15.5 Å². The van der Waals surface area contributed by atoms with Crippen molar-refractivity contribution >= 4 is 29.1 Å². The standard InChI is InChI=1S/C22H24N4O3/c27-20(15-8-11-26(12-9-15)22(29)16-6-7-16)24-18-4-1-5-19(13-18)25-21(28)17-3-2-10-23-14-17/h1-5,10,13-16H,6-9,11-12H2,(H,24,27)(H,25,28). The van der Waals surface area contributed by atoms with Crippen molar-refractivity contribution < 1.29 is 14.4 Å². The first-order valence-corrected chi connectivity index (χ1v) is 10.0. The fourth-order valence-corrected chi connectivity index (χ4v) is 3.57. The zero-order valence-corrected chi connectivity index (χ0v) is 16.1. The molecule has 29 heavy (non-hydrogen) atoms. The van der Waals surface area contributed by atoms with Crippen molar-refractivity contribution in [3.05, 3.63) is 54.4 Å². The summed E-state index contributed by atoms with van der Waals surface area (Å²) in [5, 5.41) is 5.75. The normalized spacial score (nSPS) is 16.9. The summed E-state index contributed by atoms with van der Waals surface area (Å²) in [7, 11) is 0. The summed E-state index contributed by atoms with van der Waals surface area (Å²) in [6.07, 6.45) is 6.49. The number of nitrogens with one attached hydrogen (secondary N) is 2. The second-order valence-corrected chi connectivity index (χ2v) is 7.64. The van der Waals surface area contributed by atoms with Crippen LogP contribution in [-0.4, -0.2) is 40.7 Å². The third-order valence-electron chi connectivity index (χ3n) is 5.42. The largest absolute Gasteiger partial charge is 0.342 e. The lowest BCUT2D eigenvalue weighted by molar-refractivity contribution is -0.135. The zero-order valence-electron chi connectivity index (χ0n) is 16.1. The summed E-state index contributed by atoms with van der Waals surface area (Å²) >= 11 is 0. The molecule has 2 N–H and O–H groups in total. The van der Waals surface area contributed by atoms with Gasteiger partial charge in [-0.15, -0.1) is 0 Å². The molecule has 0 unspecified atom stereocenters. The topological polar surface area (TPSA) is 91.4 Å². The van der Waals surface area contributed by atoms with Crippen molar-refractivity contribution in [2.45, 2.75) is 25.7 Å². The molecule has 2 aromatic rings.